The largest absolute Gasteiger partial charge is 0.375 e. The number of rotatable bonds is 6. The third kappa shape index (κ3) is 3.80. The van der Waals surface area contributed by atoms with Crippen molar-refractivity contribution in [3.8, 4) is 0 Å². The topological polar surface area (TPSA) is 55.4 Å². The molecule has 4 nitrogen and oxygen atoms in total. The van der Waals surface area contributed by atoms with Crippen molar-refractivity contribution in [3.05, 3.63) is 51.7 Å². The lowest BCUT2D eigenvalue weighted by Crippen LogP contribution is -2.29. The van der Waals surface area contributed by atoms with Gasteiger partial charge in [0.1, 0.15) is 0 Å². The van der Waals surface area contributed by atoms with Crippen molar-refractivity contribution in [2.45, 2.75) is 11.0 Å². The Labute approximate surface area is 127 Å². The van der Waals surface area contributed by atoms with Gasteiger partial charge >= 0.3 is 0 Å². The molecule has 1 N–H and O–H groups in total. The molecule has 2 aromatic rings. The van der Waals surface area contributed by atoms with E-state index in [-0.39, 0.29) is 17.5 Å². The Hall–Kier alpha value is -0.920. The van der Waals surface area contributed by atoms with E-state index in [2.05, 4.69) is 4.72 Å². The monoisotopic (exact) mass is 331 g/mol. The summed E-state index contributed by atoms with van der Waals surface area (Å²) in [5.74, 6) is 0. The Morgan fingerprint density at radius 1 is 1.40 bits per heavy atom. The van der Waals surface area contributed by atoms with Crippen LogP contribution in [0.2, 0.25) is 5.02 Å². The van der Waals surface area contributed by atoms with E-state index < -0.39 is 10.0 Å². The van der Waals surface area contributed by atoms with Crippen LogP contribution in [0.3, 0.4) is 0 Å². The zero-order valence-electron chi connectivity index (χ0n) is 10.7. The maximum Gasteiger partial charge on any atom is 0.240 e. The number of halogens is 1. The minimum Gasteiger partial charge on any atom is -0.375 e. The predicted molar refractivity (Wildman–Crippen MR) is 80.7 cm³/mol. The molecule has 0 bridgehead atoms. The lowest BCUT2D eigenvalue weighted by molar-refractivity contribution is 0.107. The van der Waals surface area contributed by atoms with Gasteiger partial charge in [-0.2, -0.15) is 11.3 Å². The molecule has 7 heteroatoms. The number of hydrogen-bond acceptors (Lipinski definition) is 4. The first-order chi connectivity index (χ1) is 9.53. The average molecular weight is 332 g/mol. The molecule has 1 aromatic heterocycles. The predicted octanol–water partition coefficient (Wildman–Crippen LogP) is 3.07. The Bertz CT molecular complexity index is 656. The zero-order chi connectivity index (χ0) is 14.6. The van der Waals surface area contributed by atoms with Crippen molar-refractivity contribution in [2.24, 2.45) is 0 Å². The number of hydrogen-bond donors (Lipinski definition) is 1. The third-order valence-corrected chi connectivity index (χ3v) is 5.12. The highest BCUT2D eigenvalue weighted by Crippen LogP contribution is 2.20. The number of thiophene rings is 1. The Kier molecular flexibility index (Phi) is 5.17. The molecule has 0 saturated carbocycles. The van der Waals surface area contributed by atoms with Crippen LogP contribution in [-0.2, 0) is 14.8 Å². The molecule has 108 valence electrons. The van der Waals surface area contributed by atoms with Gasteiger partial charge in [-0.3, -0.25) is 0 Å². The molecule has 0 fully saturated rings. The second-order valence-corrected chi connectivity index (χ2v) is 7.07. The van der Waals surface area contributed by atoms with Gasteiger partial charge in [0, 0.05) is 18.7 Å². The first-order valence-corrected chi connectivity index (χ1v) is 8.63. The van der Waals surface area contributed by atoms with Gasteiger partial charge in [0.15, 0.2) is 0 Å². The molecule has 0 spiro atoms. The summed E-state index contributed by atoms with van der Waals surface area (Å²) in [6.07, 6.45) is -0.310. The van der Waals surface area contributed by atoms with E-state index in [1.54, 1.807) is 30.6 Å². The molecular weight excluding hydrogens is 318 g/mol. The van der Waals surface area contributed by atoms with Crippen molar-refractivity contribution in [3.63, 3.8) is 0 Å². The molecule has 0 amide bonds. The van der Waals surface area contributed by atoms with Crippen molar-refractivity contribution in [1.29, 1.82) is 0 Å². The second-order valence-electron chi connectivity index (χ2n) is 4.09. The van der Waals surface area contributed by atoms with Gasteiger partial charge in [0.2, 0.25) is 10.0 Å². The van der Waals surface area contributed by atoms with Crippen LogP contribution in [0.15, 0.2) is 46.0 Å². The van der Waals surface area contributed by atoms with Crippen LogP contribution in [0.4, 0.5) is 0 Å². The Morgan fingerprint density at radius 2 is 2.20 bits per heavy atom. The number of ether oxygens (including phenoxy) is 1. The molecule has 0 saturated heterocycles. The average Bonchev–Trinajstić information content (AvgIpc) is 2.93. The zero-order valence-corrected chi connectivity index (χ0v) is 13.1. The van der Waals surface area contributed by atoms with Crippen LogP contribution in [-0.4, -0.2) is 22.1 Å². The summed E-state index contributed by atoms with van der Waals surface area (Å²) in [6, 6.07) is 8.05. The first-order valence-electron chi connectivity index (χ1n) is 5.83. The highest BCUT2D eigenvalue weighted by atomic mass is 35.5. The molecule has 2 rings (SSSR count). The van der Waals surface area contributed by atoms with Gasteiger partial charge in [0.25, 0.3) is 0 Å². The van der Waals surface area contributed by atoms with Gasteiger partial charge in [-0.15, -0.1) is 0 Å². The third-order valence-electron chi connectivity index (χ3n) is 2.76. The second kappa shape index (κ2) is 6.69. The highest BCUT2D eigenvalue weighted by Gasteiger charge is 2.18. The van der Waals surface area contributed by atoms with Crippen LogP contribution in [0, 0.1) is 0 Å². The molecule has 1 unspecified atom stereocenters. The van der Waals surface area contributed by atoms with E-state index in [0.717, 1.165) is 5.56 Å². The lowest BCUT2D eigenvalue weighted by atomic mass is 10.2. The number of nitrogens with one attached hydrogen (secondary N) is 1. The van der Waals surface area contributed by atoms with Crippen LogP contribution >= 0.6 is 22.9 Å². The van der Waals surface area contributed by atoms with Crippen molar-refractivity contribution < 1.29 is 13.2 Å². The smallest absolute Gasteiger partial charge is 0.240 e. The van der Waals surface area contributed by atoms with Crippen LogP contribution in [0.25, 0.3) is 0 Å². The van der Waals surface area contributed by atoms with Crippen molar-refractivity contribution >= 4 is 33.0 Å². The fourth-order valence-corrected chi connectivity index (χ4v) is 3.73. The van der Waals surface area contributed by atoms with Gasteiger partial charge in [0.05, 0.1) is 11.0 Å². The quantitative estimate of drug-likeness (QED) is 0.885. The van der Waals surface area contributed by atoms with E-state index in [0.29, 0.717) is 5.02 Å². The van der Waals surface area contributed by atoms with E-state index in [4.69, 9.17) is 16.3 Å². The van der Waals surface area contributed by atoms with E-state index in [9.17, 15) is 8.42 Å². The summed E-state index contributed by atoms with van der Waals surface area (Å²) in [6.45, 7) is 0.169. The SMILES string of the molecule is COC(CNS(=O)(=O)c1cccc(Cl)c1)c1ccsc1. The molecule has 0 aliphatic heterocycles. The normalized spacial score (nSPS) is 13.3. The minimum absolute atomic E-state index is 0.144. The van der Waals surface area contributed by atoms with Crippen molar-refractivity contribution in [1.82, 2.24) is 4.72 Å². The molecule has 0 aliphatic carbocycles. The lowest BCUT2D eigenvalue weighted by Gasteiger charge is -2.15. The van der Waals surface area contributed by atoms with Crippen molar-refractivity contribution in [2.75, 3.05) is 13.7 Å². The summed E-state index contributed by atoms with van der Waals surface area (Å²) in [5, 5.41) is 4.24. The first kappa shape index (κ1) is 15.5. The molecular formula is C13H14ClNO3S2. The fraction of sp³-hybridized carbons (Fsp3) is 0.231. The summed E-state index contributed by atoms with van der Waals surface area (Å²) >= 11 is 7.35. The molecule has 0 radical (unpaired) electrons. The summed E-state index contributed by atoms with van der Waals surface area (Å²) in [5.41, 5.74) is 0.950. The molecule has 20 heavy (non-hydrogen) atoms. The van der Waals surface area contributed by atoms with Gasteiger partial charge < -0.3 is 4.74 Å². The maximum atomic E-state index is 12.2. The standard InChI is InChI=1S/C13H14ClNO3S2/c1-18-13(10-5-6-19-9-10)8-15-20(16,17)12-4-2-3-11(14)7-12/h2-7,9,13,15H,8H2,1H3. The van der Waals surface area contributed by atoms with Crippen LogP contribution in [0.5, 0.6) is 0 Å². The maximum absolute atomic E-state index is 12.2. The van der Waals surface area contributed by atoms with Crippen LogP contribution < -0.4 is 4.72 Å². The van der Waals surface area contributed by atoms with Gasteiger partial charge in [-0.1, -0.05) is 17.7 Å². The molecule has 1 heterocycles. The fourth-order valence-electron chi connectivity index (χ4n) is 1.70. The summed E-state index contributed by atoms with van der Waals surface area (Å²) in [4.78, 5) is 0.144. The van der Waals surface area contributed by atoms with Gasteiger partial charge in [-0.25, -0.2) is 13.1 Å². The minimum atomic E-state index is -3.59. The number of sulfonamides is 1. The molecule has 1 atom stereocenters. The van der Waals surface area contributed by atoms with Crippen LogP contribution in [0.1, 0.15) is 11.7 Å². The van der Waals surface area contributed by atoms with Gasteiger partial charge in [-0.05, 0) is 40.6 Å². The van der Waals surface area contributed by atoms with E-state index in [1.165, 1.54) is 12.1 Å². The highest BCUT2D eigenvalue weighted by molar-refractivity contribution is 7.89. The number of benzene rings is 1. The Morgan fingerprint density at radius 3 is 2.80 bits per heavy atom. The summed E-state index contributed by atoms with van der Waals surface area (Å²) < 4.78 is 32.1. The number of methoxy groups -OCH3 is 1. The van der Waals surface area contributed by atoms with E-state index >= 15 is 0 Å². The summed E-state index contributed by atoms with van der Waals surface area (Å²) in [7, 11) is -2.04. The van der Waals surface area contributed by atoms with E-state index in [1.807, 2.05) is 16.8 Å². The molecule has 1 aromatic carbocycles. The molecule has 0 aliphatic rings. The Balaban J connectivity index is 2.09.